The molecular weight excluding hydrogens is 290 g/mol. The molecule has 18 heavy (non-hydrogen) atoms. The molecule has 0 rings (SSSR count). The van der Waals surface area contributed by atoms with E-state index in [1.165, 1.54) is 0 Å². The van der Waals surface area contributed by atoms with Crippen LogP contribution in [0.25, 0.3) is 0 Å². The molecule has 0 bridgehead atoms. The lowest BCUT2D eigenvalue weighted by molar-refractivity contribution is -0.336. The summed E-state index contributed by atoms with van der Waals surface area (Å²) in [6, 6.07) is 0. The van der Waals surface area contributed by atoms with Gasteiger partial charge in [0.2, 0.25) is 0 Å². The van der Waals surface area contributed by atoms with E-state index in [-0.39, 0.29) is 56.2 Å². The van der Waals surface area contributed by atoms with Crippen LogP contribution < -0.4 is 14.7 Å². The Bertz CT molecular complexity index is 207. The van der Waals surface area contributed by atoms with E-state index in [2.05, 4.69) is 4.31 Å². The Kier molecular flexibility index (Phi) is 132. The molecule has 0 aliphatic heterocycles. The molecule has 0 fully saturated rings. The van der Waals surface area contributed by atoms with Crippen LogP contribution in [0.1, 0.15) is 44.6 Å². The van der Waals surface area contributed by atoms with Crippen molar-refractivity contribution in [3.63, 3.8) is 0 Å². The maximum absolute atomic E-state index is 9.31. The van der Waals surface area contributed by atoms with E-state index in [1.807, 2.05) is 0 Å². The minimum atomic E-state index is -5.32. The number of hydrogen-bond acceptors (Lipinski definition) is 8. The van der Waals surface area contributed by atoms with Gasteiger partial charge in [0.15, 0.2) is 0 Å². The zero-order valence-corrected chi connectivity index (χ0v) is 6.95. The largest absolute Gasteiger partial charge is 0.786 e. The van der Waals surface area contributed by atoms with E-state index in [4.69, 9.17) is 9.59 Å². The minimum absolute atomic E-state index is 0. The van der Waals surface area contributed by atoms with Crippen LogP contribution in [-0.4, -0.2) is 11.6 Å². The number of rotatable bonds is 2. The van der Waals surface area contributed by atoms with Gasteiger partial charge in [0.05, 0.1) is 0 Å². The van der Waals surface area contributed by atoms with Crippen LogP contribution in [0, 0.1) is 0 Å². The molecule has 0 aromatic rings. The Balaban J connectivity index is -0.0000000107. The van der Waals surface area contributed by atoms with Crippen molar-refractivity contribution < 1.29 is 43.2 Å². The monoisotopic (exact) mass is 316 g/mol. The number of carbonyl (C=O) groups excluding carboxylic acids is 2. The fraction of sp³-hybridized carbons (Fsp3) is 0.857. The summed E-state index contributed by atoms with van der Waals surface area (Å²) < 4.78 is 21.4. The second-order valence-corrected chi connectivity index (χ2v) is 2.83. The molecule has 1 unspecified atom stereocenters. The van der Waals surface area contributed by atoms with Crippen molar-refractivity contribution >= 4 is 22.2 Å². The van der Waals surface area contributed by atoms with Crippen molar-refractivity contribution in [3.05, 3.63) is 0 Å². The van der Waals surface area contributed by atoms with Crippen molar-refractivity contribution in [2.45, 2.75) is 44.6 Å². The SMILES string of the molecule is C.C.C.C.C.C.O.O=C=O.O=[P+]([O-])OP(=O)([O-])[O-]. The third-order valence-electron chi connectivity index (χ3n) is 0.167. The van der Waals surface area contributed by atoms with E-state index >= 15 is 0 Å². The lowest BCUT2D eigenvalue weighted by Crippen LogP contribution is -2.14. The Labute approximate surface area is 111 Å². The summed E-state index contributed by atoms with van der Waals surface area (Å²) >= 11 is 0. The maximum atomic E-state index is 9.31. The summed E-state index contributed by atoms with van der Waals surface area (Å²) in [7, 11) is -8.89. The standard InChI is InChI=1S/CO2.6CH4.H2O6P2.H2O/c2-1-3;;;;;;;1-7(2)6-8(3,4)5;/h;6*1H4;(H2,3,4,5);1H2/p-2. The molecule has 120 valence electrons. The molecule has 0 amide bonds. The van der Waals surface area contributed by atoms with E-state index in [0.717, 1.165) is 0 Å². The average Bonchev–Trinajstić information content (AvgIpc) is 1.57. The van der Waals surface area contributed by atoms with E-state index < -0.39 is 16.1 Å². The van der Waals surface area contributed by atoms with E-state index in [1.54, 1.807) is 0 Å². The van der Waals surface area contributed by atoms with Crippen LogP contribution in [-0.2, 0) is 23.0 Å². The summed E-state index contributed by atoms with van der Waals surface area (Å²) in [5.41, 5.74) is 0. The molecule has 2 N–H and O–H groups in total. The molecule has 0 saturated carbocycles. The van der Waals surface area contributed by atoms with Gasteiger partial charge >= 0.3 is 14.4 Å². The van der Waals surface area contributed by atoms with Gasteiger partial charge in [-0.3, -0.25) is 0 Å². The van der Waals surface area contributed by atoms with Crippen molar-refractivity contribution in [1.82, 2.24) is 0 Å². The molecule has 0 spiro atoms. The molecule has 0 radical (unpaired) electrons. The molecular formula is C7H26O9P2-2. The highest BCUT2D eigenvalue weighted by molar-refractivity contribution is 7.52. The lowest BCUT2D eigenvalue weighted by atomic mass is 11.8. The topological polar surface area (TPSA) is 178 Å². The summed E-state index contributed by atoms with van der Waals surface area (Å²) in [4.78, 5) is 44.1. The maximum Gasteiger partial charge on any atom is 0.492 e. The Morgan fingerprint density at radius 2 is 1.11 bits per heavy atom. The number of phosphoric acid groups is 1. The minimum Gasteiger partial charge on any atom is -0.786 e. The first-order chi connectivity index (χ1) is 4.83. The van der Waals surface area contributed by atoms with Gasteiger partial charge in [0.25, 0.3) is 0 Å². The molecule has 0 heterocycles. The van der Waals surface area contributed by atoms with E-state index in [0.29, 0.717) is 0 Å². The van der Waals surface area contributed by atoms with Gasteiger partial charge in [-0.2, -0.15) is 9.59 Å². The summed E-state index contributed by atoms with van der Waals surface area (Å²) in [6.07, 6.45) is 0.250. The van der Waals surface area contributed by atoms with Crippen LogP contribution >= 0.6 is 16.1 Å². The molecule has 1 atom stereocenters. The van der Waals surface area contributed by atoms with E-state index in [9.17, 15) is 23.8 Å². The molecule has 11 heteroatoms. The Morgan fingerprint density at radius 1 is 0.944 bits per heavy atom. The Hall–Kier alpha value is -0.490. The summed E-state index contributed by atoms with van der Waals surface area (Å²) in [5.74, 6) is 0. The normalized spacial score (nSPS) is 6.50. The smallest absolute Gasteiger partial charge is 0.492 e. The second-order valence-electron chi connectivity index (χ2n) is 0.836. The molecule has 9 nitrogen and oxygen atoms in total. The first-order valence-electron chi connectivity index (χ1n) is 1.69. The molecule has 0 aromatic heterocycles. The van der Waals surface area contributed by atoms with Gasteiger partial charge in [-0.25, -0.2) is 0 Å². The lowest BCUT2D eigenvalue weighted by Gasteiger charge is -2.20. The van der Waals surface area contributed by atoms with Crippen molar-refractivity contribution in [3.8, 4) is 0 Å². The molecule has 0 aromatic carbocycles. The highest BCUT2D eigenvalue weighted by Gasteiger charge is 2.02. The second kappa shape index (κ2) is 36.0. The van der Waals surface area contributed by atoms with Gasteiger partial charge < -0.3 is 24.7 Å². The van der Waals surface area contributed by atoms with Crippen LogP contribution in [0.5, 0.6) is 0 Å². The quantitative estimate of drug-likeness (QED) is 0.650. The van der Waals surface area contributed by atoms with Crippen molar-refractivity contribution in [1.29, 1.82) is 0 Å². The summed E-state index contributed by atoms with van der Waals surface area (Å²) in [5, 5.41) is 0. The fourth-order valence-electron chi connectivity index (χ4n) is 0.0816. The van der Waals surface area contributed by atoms with Crippen molar-refractivity contribution in [2.75, 3.05) is 0 Å². The first kappa shape index (κ1) is 65.9. The predicted octanol–water partition coefficient (Wildman–Crippen LogP) is 0.258. The van der Waals surface area contributed by atoms with Crippen LogP contribution in [0.3, 0.4) is 0 Å². The third-order valence-corrected chi connectivity index (χ3v) is 1.50. The third kappa shape index (κ3) is 161. The van der Waals surface area contributed by atoms with Gasteiger partial charge in [0.1, 0.15) is 7.82 Å². The number of hydrogen-bond donors (Lipinski definition) is 0. The zero-order valence-electron chi connectivity index (χ0n) is 5.16. The Morgan fingerprint density at radius 3 is 1.11 bits per heavy atom. The van der Waals surface area contributed by atoms with Crippen LogP contribution in [0.4, 0.5) is 0 Å². The van der Waals surface area contributed by atoms with Gasteiger partial charge in [-0.15, -0.1) is 4.31 Å². The van der Waals surface area contributed by atoms with Crippen LogP contribution in [0.2, 0.25) is 0 Å². The molecule has 0 aliphatic rings. The molecule has 0 saturated heterocycles. The fourth-order valence-corrected chi connectivity index (χ4v) is 0.735. The first-order valence-corrected chi connectivity index (χ1v) is 4.24. The highest BCUT2D eigenvalue weighted by Crippen LogP contribution is 2.35. The molecule has 0 aliphatic carbocycles. The predicted molar refractivity (Wildman–Crippen MR) is 65.3 cm³/mol. The average molecular weight is 316 g/mol. The van der Waals surface area contributed by atoms with Gasteiger partial charge in [-0.1, -0.05) is 44.6 Å². The zero-order chi connectivity index (χ0) is 9.49. The summed E-state index contributed by atoms with van der Waals surface area (Å²) in [6.45, 7) is 0. The highest BCUT2D eigenvalue weighted by atomic mass is 31.2. The van der Waals surface area contributed by atoms with Gasteiger partial charge in [-0.05, 0) is 4.57 Å². The van der Waals surface area contributed by atoms with Gasteiger partial charge in [0, 0.05) is 0 Å². The van der Waals surface area contributed by atoms with Crippen molar-refractivity contribution in [2.24, 2.45) is 0 Å². The van der Waals surface area contributed by atoms with Crippen LogP contribution in [0.15, 0.2) is 0 Å².